The van der Waals surface area contributed by atoms with Gasteiger partial charge in [0.25, 0.3) is 0 Å². The van der Waals surface area contributed by atoms with Crippen molar-refractivity contribution in [2.24, 2.45) is 0 Å². The number of halogens is 1. The van der Waals surface area contributed by atoms with E-state index in [-0.39, 0.29) is 18.1 Å². The topological polar surface area (TPSA) is 54.4 Å². The van der Waals surface area contributed by atoms with Crippen LogP contribution in [0.1, 0.15) is 12.0 Å². The molecule has 0 atom stereocenters. The molecule has 0 aromatic heterocycles. The number of hydrogen-bond acceptors (Lipinski definition) is 3. The van der Waals surface area contributed by atoms with Gasteiger partial charge in [-0.1, -0.05) is 28.1 Å². The van der Waals surface area contributed by atoms with Gasteiger partial charge in [0.1, 0.15) is 0 Å². The van der Waals surface area contributed by atoms with Gasteiger partial charge < -0.3 is 5.11 Å². The summed E-state index contributed by atoms with van der Waals surface area (Å²) < 4.78 is 24.0. The highest BCUT2D eigenvalue weighted by Gasteiger charge is 2.11. The Morgan fingerprint density at radius 1 is 1.33 bits per heavy atom. The first kappa shape index (κ1) is 12.7. The molecule has 3 nitrogen and oxygen atoms in total. The van der Waals surface area contributed by atoms with Crippen molar-refractivity contribution < 1.29 is 13.5 Å². The molecule has 0 aliphatic carbocycles. The Morgan fingerprint density at radius 2 is 2.07 bits per heavy atom. The van der Waals surface area contributed by atoms with E-state index in [9.17, 15) is 8.42 Å². The van der Waals surface area contributed by atoms with Gasteiger partial charge in [-0.05, 0) is 24.1 Å². The molecule has 5 heteroatoms. The van der Waals surface area contributed by atoms with E-state index in [1.807, 2.05) is 6.07 Å². The van der Waals surface area contributed by atoms with Gasteiger partial charge in [0.05, 0.1) is 11.5 Å². The van der Waals surface area contributed by atoms with E-state index in [0.29, 0.717) is 6.42 Å². The molecular weight excluding hydrogens is 280 g/mol. The predicted octanol–water partition coefficient (Wildman–Crippen LogP) is 1.75. The van der Waals surface area contributed by atoms with Gasteiger partial charge in [-0.15, -0.1) is 0 Å². The van der Waals surface area contributed by atoms with Gasteiger partial charge in [-0.25, -0.2) is 8.42 Å². The van der Waals surface area contributed by atoms with Crippen molar-refractivity contribution in [1.29, 1.82) is 0 Å². The summed E-state index contributed by atoms with van der Waals surface area (Å²) in [6.07, 6.45) is 0.302. The van der Waals surface area contributed by atoms with E-state index in [1.165, 1.54) is 0 Å². The number of benzene rings is 1. The van der Waals surface area contributed by atoms with Crippen LogP contribution in [0.5, 0.6) is 0 Å². The minimum absolute atomic E-state index is 0.0342. The fraction of sp³-hybridized carbons (Fsp3) is 0.400. The van der Waals surface area contributed by atoms with Gasteiger partial charge in [-0.3, -0.25) is 0 Å². The summed E-state index contributed by atoms with van der Waals surface area (Å²) in [6, 6.07) is 7.22. The molecule has 0 saturated carbocycles. The molecule has 0 aliphatic heterocycles. The molecule has 1 aromatic rings. The highest BCUT2D eigenvalue weighted by Crippen LogP contribution is 2.14. The first-order chi connectivity index (χ1) is 7.03. The molecule has 0 aliphatic rings. The summed E-state index contributed by atoms with van der Waals surface area (Å²) in [5, 5.41) is 8.57. The fourth-order valence-electron chi connectivity index (χ4n) is 1.24. The SMILES string of the molecule is O=S(=O)(CCCO)Cc1cccc(Br)c1. The maximum atomic E-state index is 11.5. The first-order valence-electron chi connectivity index (χ1n) is 4.59. The molecule has 0 radical (unpaired) electrons. The highest BCUT2D eigenvalue weighted by molar-refractivity contribution is 9.10. The van der Waals surface area contributed by atoms with E-state index >= 15 is 0 Å². The minimum Gasteiger partial charge on any atom is -0.396 e. The Bertz CT molecular complexity index is 414. The predicted molar refractivity (Wildman–Crippen MR) is 63.3 cm³/mol. The maximum Gasteiger partial charge on any atom is 0.154 e. The van der Waals surface area contributed by atoms with Crippen LogP contribution in [0.25, 0.3) is 0 Å². The smallest absolute Gasteiger partial charge is 0.154 e. The van der Waals surface area contributed by atoms with Crippen molar-refractivity contribution in [2.75, 3.05) is 12.4 Å². The molecule has 84 valence electrons. The molecule has 1 aromatic carbocycles. The summed E-state index contributed by atoms with van der Waals surface area (Å²) in [6.45, 7) is -0.0856. The number of aliphatic hydroxyl groups is 1. The Morgan fingerprint density at radius 3 is 2.67 bits per heavy atom. The molecule has 15 heavy (non-hydrogen) atoms. The molecule has 0 bridgehead atoms. The average molecular weight is 293 g/mol. The second-order valence-electron chi connectivity index (χ2n) is 3.30. The van der Waals surface area contributed by atoms with Gasteiger partial charge in [0, 0.05) is 11.1 Å². The van der Waals surface area contributed by atoms with Crippen LogP contribution in [0.4, 0.5) is 0 Å². The van der Waals surface area contributed by atoms with Crippen LogP contribution >= 0.6 is 15.9 Å². The zero-order valence-electron chi connectivity index (χ0n) is 8.19. The lowest BCUT2D eigenvalue weighted by atomic mass is 10.2. The van der Waals surface area contributed by atoms with E-state index in [4.69, 9.17) is 5.11 Å². The van der Waals surface area contributed by atoms with Gasteiger partial charge >= 0.3 is 0 Å². The van der Waals surface area contributed by atoms with E-state index in [2.05, 4.69) is 15.9 Å². The van der Waals surface area contributed by atoms with Crippen molar-refractivity contribution in [3.05, 3.63) is 34.3 Å². The van der Waals surface area contributed by atoms with Gasteiger partial charge in [0.15, 0.2) is 9.84 Å². The van der Waals surface area contributed by atoms with Crippen molar-refractivity contribution in [2.45, 2.75) is 12.2 Å². The molecule has 1 N–H and O–H groups in total. The van der Waals surface area contributed by atoms with E-state index < -0.39 is 9.84 Å². The molecule has 0 unspecified atom stereocenters. The van der Waals surface area contributed by atoms with Crippen LogP contribution in [0.3, 0.4) is 0 Å². The minimum atomic E-state index is -3.09. The third-order valence-electron chi connectivity index (χ3n) is 1.89. The number of aliphatic hydroxyl groups excluding tert-OH is 1. The molecule has 0 fully saturated rings. The maximum absolute atomic E-state index is 11.5. The van der Waals surface area contributed by atoms with Crippen LogP contribution in [0.15, 0.2) is 28.7 Å². The summed E-state index contributed by atoms with van der Waals surface area (Å²) in [5.74, 6) is 0.0719. The monoisotopic (exact) mass is 292 g/mol. The molecule has 0 amide bonds. The second-order valence-corrected chi connectivity index (χ2v) is 6.40. The van der Waals surface area contributed by atoms with Crippen molar-refractivity contribution in [3.63, 3.8) is 0 Å². The normalized spacial score (nSPS) is 11.6. The molecule has 0 saturated heterocycles. The molecule has 1 rings (SSSR count). The Balaban J connectivity index is 2.69. The van der Waals surface area contributed by atoms with Crippen LogP contribution < -0.4 is 0 Å². The summed E-state index contributed by atoms with van der Waals surface area (Å²) in [7, 11) is -3.09. The summed E-state index contributed by atoms with van der Waals surface area (Å²) in [5.41, 5.74) is 0.766. The second kappa shape index (κ2) is 5.63. The molecule has 0 heterocycles. The Hall–Kier alpha value is -0.390. The van der Waals surface area contributed by atoms with Crippen molar-refractivity contribution in [1.82, 2.24) is 0 Å². The van der Waals surface area contributed by atoms with Crippen molar-refractivity contribution >= 4 is 25.8 Å². The van der Waals surface area contributed by atoms with Crippen molar-refractivity contribution in [3.8, 4) is 0 Å². The fourth-order valence-corrected chi connectivity index (χ4v) is 3.08. The lowest BCUT2D eigenvalue weighted by Crippen LogP contribution is -2.10. The largest absolute Gasteiger partial charge is 0.396 e. The third-order valence-corrected chi connectivity index (χ3v) is 4.07. The third kappa shape index (κ3) is 4.77. The number of hydrogen-bond donors (Lipinski definition) is 1. The van der Waals surface area contributed by atoms with Crippen LogP contribution in [-0.4, -0.2) is 25.9 Å². The van der Waals surface area contributed by atoms with Gasteiger partial charge in [0.2, 0.25) is 0 Å². The first-order valence-corrected chi connectivity index (χ1v) is 7.21. The average Bonchev–Trinajstić information content (AvgIpc) is 2.14. The van der Waals surface area contributed by atoms with E-state index in [1.54, 1.807) is 18.2 Å². The van der Waals surface area contributed by atoms with E-state index in [0.717, 1.165) is 10.0 Å². The van der Waals surface area contributed by atoms with Gasteiger partial charge in [-0.2, -0.15) is 0 Å². The van der Waals surface area contributed by atoms with Crippen LogP contribution in [-0.2, 0) is 15.6 Å². The van der Waals surface area contributed by atoms with Crippen LogP contribution in [0.2, 0.25) is 0 Å². The van der Waals surface area contributed by atoms with Crippen LogP contribution in [0, 0.1) is 0 Å². The quantitative estimate of drug-likeness (QED) is 0.900. The molecular formula is C10H13BrO3S. The number of sulfone groups is 1. The highest BCUT2D eigenvalue weighted by atomic mass is 79.9. The number of rotatable bonds is 5. The Labute approximate surface area is 98.2 Å². The lowest BCUT2D eigenvalue weighted by molar-refractivity contribution is 0.295. The lowest BCUT2D eigenvalue weighted by Gasteiger charge is -2.03. The summed E-state index contributed by atoms with van der Waals surface area (Å²) in [4.78, 5) is 0. The Kier molecular flexibility index (Phi) is 4.76. The zero-order valence-corrected chi connectivity index (χ0v) is 10.6. The molecule has 0 spiro atoms. The summed E-state index contributed by atoms with van der Waals surface area (Å²) >= 11 is 3.29. The zero-order chi connectivity index (χ0) is 11.3. The standard InChI is InChI=1S/C10H13BrO3S/c11-10-4-1-3-9(7-10)8-15(13,14)6-2-5-12/h1,3-4,7,12H,2,5-6,8H2.